The zero-order valence-electron chi connectivity index (χ0n) is 26.1. The number of halogens is 1. The average Bonchev–Trinajstić information content (AvgIpc) is 3.59. The third-order valence-electron chi connectivity index (χ3n) is 8.85. The van der Waals surface area contributed by atoms with Gasteiger partial charge in [0, 0.05) is 40.0 Å². The number of fused-ring (bicyclic) bond motifs is 1. The van der Waals surface area contributed by atoms with Crippen molar-refractivity contribution >= 4 is 67.7 Å². The summed E-state index contributed by atoms with van der Waals surface area (Å²) in [7, 11) is 0. The third-order valence-corrected chi connectivity index (χ3v) is 11.7. The average molecular weight is 718 g/mol. The van der Waals surface area contributed by atoms with Gasteiger partial charge in [0.2, 0.25) is 5.76 Å². The number of carbonyl (C=O) groups is 2. The first-order valence-electron chi connectivity index (χ1n) is 15.6. The minimum atomic E-state index is -1.06. The SMILES string of the molecule is Cc1c(C(=O)O)oc2ccc(SN(CCc3ccccc3)c3ccccc3C3CC(C)CN(C(=O)c4sccc4Br)CC3C)cc12. The van der Waals surface area contributed by atoms with Gasteiger partial charge in [0.1, 0.15) is 10.5 Å². The molecule has 6 nitrogen and oxygen atoms in total. The van der Waals surface area contributed by atoms with Crippen molar-refractivity contribution in [3.05, 3.63) is 116 Å². The number of para-hydroxylation sites is 1. The smallest absolute Gasteiger partial charge is 0.372 e. The lowest BCUT2D eigenvalue weighted by Crippen LogP contribution is -2.36. The Kier molecular flexibility index (Phi) is 9.92. The monoisotopic (exact) mass is 716 g/mol. The highest BCUT2D eigenvalue weighted by Gasteiger charge is 2.34. The van der Waals surface area contributed by atoms with Crippen molar-refractivity contribution in [1.82, 2.24) is 4.90 Å². The van der Waals surface area contributed by atoms with Crippen LogP contribution < -0.4 is 4.31 Å². The van der Waals surface area contributed by atoms with Crippen LogP contribution in [0.5, 0.6) is 0 Å². The van der Waals surface area contributed by atoms with Crippen LogP contribution >= 0.6 is 39.2 Å². The van der Waals surface area contributed by atoms with Crippen LogP contribution in [0.25, 0.3) is 11.0 Å². The normalized spacial score (nSPS) is 18.4. The highest BCUT2D eigenvalue weighted by molar-refractivity contribution is 9.10. The second-order valence-corrected chi connectivity index (χ2v) is 15.1. The number of carboxylic acid groups (broad SMARTS) is 1. The van der Waals surface area contributed by atoms with Crippen molar-refractivity contribution in [2.45, 2.75) is 44.4 Å². The van der Waals surface area contributed by atoms with E-state index in [1.54, 1.807) is 18.9 Å². The van der Waals surface area contributed by atoms with E-state index in [0.717, 1.165) is 45.6 Å². The zero-order chi connectivity index (χ0) is 32.4. The molecule has 9 heteroatoms. The molecule has 3 heterocycles. The lowest BCUT2D eigenvalue weighted by Gasteiger charge is -2.31. The van der Waals surface area contributed by atoms with Crippen molar-refractivity contribution in [1.29, 1.82) is 0 Å². The van der Waals surface area contributed by atoms with Crippen LogP contribution in [0.3, 0.4) is 0 Å². The lowest BCUT2D eigenvalue weighted by atomic mass is 9.81. The standard InChI is InChI=1S/C37H37BrN2O4S2/c1-23-19-29(24(2)22-39(21-23)36(41)35-31(38)16-18-45-35)28-11-7-8-12-32(28)40(17-15-26-9-5-4-6-10-26)46-27-13-14-33-30(20-27)25(3)34(44-33)37(42)43/h4-14,16,18,20,23-24,29H,15,17,19,21-22H2,1-3H3,(H,42,43). The largest absolute Gasteiger partial charge is 0.475 e. The molecule has 1 fully saturated rings. The van der Waals surface area contributed by atoms with Crippen molar-refractivity contribution in [2.24, 2.45) is 11.8 Å². The summed E-state index contributed by atoms with van der Waals surface area (Å²) < 4.78 is 8.89. The highest BCUT2D eigenvalue weighted by Crippen LogP contribution is 2.43. The molecule has 1 saturated heterocycles. The number of anilines is 1. The Balaban J connectivity index is 1.33. The number of rotatable bonds is 9. The van der Waals surface area contributed by atoms with Crippen LogP contribution in [0.1, 0.15) is 63.1 Å². The maximum absolute atomic E-state index is 13.6. The number of benzene rings is 3. The summed E-state index contributed by atoms with van der Waals surface area (Å²) in [5.41, 5.74) is 4.94. The molecule has 238 valence electrons. The number of carbonyl (C=O) groups excluding carboxylic acids is 1. The van der Waals surface area contributed by atoms with Gasteiger partial charge >= 0.3 is 5.97 Å². The Morgan fingerprint density at radius 1 is 1.04 bits per heavy atom. The van der Waals surface area contributed by atoms with Gasteiger partial charge in [-0.2, -0.15) is 0 Å². The Hall–Kier alpha value is -3.53. The minimum absolute atomic E-state index is 0.0149. The topological polar surface area (TPSA) is 74.0 Å². The van der Waals surface area contributed by atoms with E-state index in [1.165, 1.54) is 28.2 Å². The Morgan fingerprint density at radius 2 is 1.80 bits per heavy atom. The second-order valence-electron chi connectivity index (χ2n) is 12.2. The van der Waals surface area contributed by atoms with Crippen LogP contribution in [0.4, 0.5) is 5.69 Å². The maximum Gasteiger partial charge on any atom is 0.372 e. The van der Waals surface area contributed by atoms with Crippen LogP contribution in [0.15, 0.2) is 98.0 Å². The molecular weight excluding hydrogens is 680 g/mol. The number of aryl methyl sites for hydroxylation is 1. The van der Waals surface area contributed by atoms with Crippen LogP contribution in [0, 0.1) is 18.8 Å². The van der Waals surface area contributed by atoms with Gasteiger partial charge in [-0.3, -0.25) is 4.79 Å². The van der Waals surface area contributed by atoms with Crippen molar-refractivity contribution < 1.29 is 19.1 Å². The minimum Gasteiger partial charge on any atom is -0.475 e. The molecule has 1 aliphatic heterocycles. The molecule has 3 atom stereocenters. The molecule has 1 N–H and O–H groups in total. The molecule has 46 heavy (non-hydrogen) atoms. The molecule has 0 bridgehead atoms. The van der Waals surface area contributed by atoms with Gasteiger partial charge in [0.05, 0.1) is 5.69 Å². The summed E-state index contributed by atoms with van der Waals surface area (Å²) in [5, 5.41) is 12.4. The summed E-state index contributed by atoms with van der Waals surface area (Å²) in [6.45, 7) is 8.55. The number of aromatic carboxylic acids is 1. The van der Waals surface area contributed by atoms with Crippen molar-refractivity contribution in [2.75, 3.05) is 23.9 Å². The van der Waals surface area contributed by atoms with Gasteiger partial charge in [-0.1, -0.05) is 62.4 Å². The van der Waals surface area contributed by atoms with Gasteiger partial charge < -0.3 is 18.7 Å². The van der Waals surface area contributed by atoms with E-state index >= 15 is 0 Å². The van der Waals surface area contributed by atoms with Crippen molar-refractivity contribution in [3.63, 3.8) is 0 Å². The van der Waals surface area contributed by atoms with Gasteiger partial charge in [-0.25, -0.2) is 4.79 Å². The number of thiophene rings is 1. The number of furan rings is 1. The highest BCUT2D eigenvalue weighted by atomic mass is 79.9. The molecule has 3 aromatic carbocycles. The van der Waals surface area contributed by atoms with E-state index in [0.29, 0.717) is 23.6 Å². The number of hydrogen-bond acceptors (Lipinski definition) is 6. The fourth-order valence-electron chi connectivity index (χ4n) is 6.56. The van der Waals surface area contributed by atoms with Gasteiger partial charge in [-0.15, -0.1) is 11.3 Å². The van der Waals surface area contributed by atoms with Crippen LogP contribution in [0.2, 0.25) is 0 Å². The molecule has 0 aliphatic carbocycles. The number of carboxylic acids is 1. The fraction of sp³-hybridized carbons (Fsp3) is 0.297. The molecule has 2 aromatic heterocycles. The maximum atomic E-state index is 13.6. The quantitative estimate of drug-likeness (QED) is 0.153. The van der Waals surface area contributed by atoms with Crippen LogP contribution in [-0.2, 0) is 6.42 Å². The van der Waals surface area contributed by atoms with Gasteiger partial charge in [-0.05, 0) is 112 Å². The molecule has 0 radical (unpaired) electrons. The molecule has 0 spiro atoms. The number of nitrogens with zero attached hydrogens (tertiary/aromatic N) is 2. The van der Waals surface area contributed by atoms with Gasteiger partial charge in [0.15, 0.2) is 0 Å². The summed E-state index contributed by atoms with van der Waals surface area (Å²) in [5.74, 6) is -0.103. The molecule has 3 unspecified atom stereocenters. The predicted octanol–water partition coefficient (Wildman–Crippen LogP) is 9.92. The lowest BCUT2D eigenvalue weighted by molar-refractivity contribution is 0.0663. The summed E-state index contributed by atoms with van der Waals surface area (Å²) in [6.07, 6.45) is 1.86. The van der Waals surface area contributed by atoms with E-state index in [4.69, 9.17) is 4.42 Å². The van der Waals surface area contributed by atoms with Crippen molar-refractivity contribution in [3.8, 4) is 0 Å². The van der Waals surface area contributed by atoms with E-state index in [2.05, 4.69) is 82.6 Å². The van der Waals surface area contributed by atoms with E-state index in [1.807, 2.05) is 40.6 Å². The number of likely N-dealkylation sites (tertiary alicyclic amines) is 1. The summed E-state index contributed by atoms with van der Waals surface area (Å²) in [6, 6.07) is 27.1. The molecule has 6 rings (SSSR count). The Labute approximate surface area is 286 Å². The van der Waals surface area contributed by atoms with E-state index < -0.39 is 5.97 Å². The first-order valence-corrected chi connectivity index (χ1v) is 18.0. The predicted molar refractivity (Wildman–Crippen MR) is 191 cm³/mol. The zero-order valence-corrected chi connectivity index (χ0v) is 29.3. The Morgan fingerprint density at radius 3 is 2.54 bits per heavy atom. The first-order chi connectivity index (χ1) is 22.2. The Bertz CT molecular complexity index is 1850. The number of hydrogen-bond donors (Lipinski definition) is 1. The molecule has 0 saturated carbocycles. The molecule has 1 amide bonds. The van der Waals surface area contributed by atoms with E-state index in [9.17, 15) is 14.7 Å². The van der Waals surface area contributed by atoms with Gasteiger partial charge in [0.25, 0.3) is 5.91 Å². The number of amides is 1. The molecule has 1 aliphatic rings. The third kappa shape index (κ3) is 6.92. The molecule has 5 aromatic rings. The fourth-order valence-corrected chi connectivity index (χ4v) is 9.07. The second kappa shape index (κ2) is 14.1. The van der Waals surface area contributed by atoms with E-state index in [-0.39, 0.29) is 23.5 Å². The van der Waals surface area contributed by atoms with Crippen LogP contribution in [-0.4, -0.2) is 41.5 Å². The summed E-state index contributed by atoms with van der Waals surface area (Å²) in [4.78, 5) is 29.1. The molecular formula is C37H37BrN2O4S2. The first kappa shape index (κ1) is 32.4. The summed E-state index contributed by atoms with van der Waals surface area (Å²) >= 11 is 6.72.